The Kier molecular flexibility index (Phi) is 9.64. The summed E-state index contributed by atoms with van der Waals surface area (Å²) in [4.78, 5) is 49.4. The predicted octanol–water partition coefficient (Wildman–Crippen LogP) is 5.40. The molecule has 3 aromatic carbocycles. The molecule has 0 saturated heterocycles. The summed E-state index contributed by atoms with van der Waals surface area (Å²) in [5, 5.41) is 25.1. The van der Waals surface area contributed by atoms with Crippen LogP contribution in [0.4, 0.5) is 21.0 Å². The molecule has 0 radical (unpaired) electrons. The minimum atomic E-state index is -1.52. The van der Waals surface area contributed by atoms with Crippen molar-refractivity contribution in [2.45, 2.75) is 59.0 Å². The molecule has 0 atom stereocenters. The van der Waals surface area contributed by atoms with E-state index in [4.69, 9.17) is 9.47 Å². The van der Waals surface area contributed by atoms with Crippen molar-refractivity contribution in [3.8, 4) is 0 Å². The largest absolute Gasteiger partial charge is 0.444 e. The molecule has 0 aliphatic rings. The van der Waals surface area contributed by atoms with Crippen molar-refractivity contribution >= 4 is 35.1 Å². The van der Waals surface area contributed by atoms with E-state index in [0.717, 1.165) is 0 Å². The second-order valence-corrected chi connectivity index (χ2v) is 10.6. The Morgan fingerprint density at radius 3 is 1.61 bits per heavy atom. The number of amides is 2. The maximum atomic E-state index is 12.5. The van der Waals surface area contributed by atoms with Gasteiger partial charge in [-0.1, -0.05) is 42.5 Å². The van der Waals surface area contributed by atoms with Crippen LogP contribution in [0.1, 0.15) is 65.1 Å². The molecule has 3 aromatic rings. The lowest BCUT2D eigenvalue weighted by Gasteiger charge is -2.16. The van der Waals surface area contributed by atoms with E-state index in [1.165, 1.54) is 27.7 Å². The summed E-state index contributed by atoms with van der Waals surface area (Å²) in [5.41, 5.74) is 0.168. The lowest BCUT2D eigenvalue weighted by molar-refractivity contribution is 0.0487. The molecule has 10 heteroatoms. The highest BCUT2D eigenvalue weighted by molar-refractivity contribution is 6.02. The van der Waals surface area contributed by atoms with Crippen LogP contribution < -0.4 is 10.6 Å². The van der Waals surface area contributed by atoms with Gasteiger partial charge < -0.3 is 19.7 Å². The van der Waals surface area contributed by atoms with E-state index in [0.29, 0.717) is 39.2 Å². The number of Topliss-reactive ketones (excluding diaryl/α,β-unsaturated/α-hetero) is 2. The number of rotatable bonds is 10. The number of carbonyl (C=O) groups excluding carboxylic acids is 4. The number of benzene rings is 3. The molecule has 3 rings (SSSR count). The lowest BCUT2D eigenvalue weighted by atomic mass is 9.96. The van der Waals surface area contributed by atoms with Gasteiger partial charge in [-0.2, -0.15) is 0 Å². The van der Waals surface area contributed by atoms with Gasteiger partial charge in [-0.3, -0.25) is 20.2 Å². The number of nitrogens with one attached hydrogen (secondary N) is 2. The molecule has 0 saturated carbocycles. The molecular weight excluding hydrogens is 528 g/mol. The van der Waals surface area contributed by atoms with Gasteiger partial charge in [0.05, 0.1) is 0 Å². The molecule has 0 bridgehead atoms. The van der Waals surface area contributed by atoms with E-state index in [1.807, 2.05) is 0 Å². The Bertz CT molecular complexity index is 1450. The van der Waals surface area contributed by atoms with Gasteiger partial charge in [0.2, 0.25) is 0 Å². The molecule has 0 aliphatic carbocycles. The molecule has 4 N–H and O–H groups in total. The summed E-state index contributed by atoms with van der Waals surface area (Å²) in [7, 11) is 0. The van der Waals surface area contributed by atoms with Crippen LogP contribution >= 0.6 is 0 Å². The Morgan fingerprint density at radius 1 is 0.683 bits per heavy atom. The first-order valence-electron chi connectivity index (χ1n) is 12.8. The summed E-state index contributed by atoms with van der Waals surface area (Å²) >= 11 is 0. The third-order valence-corrected chi connectivity index (χ3v) is 5.95. The van der Waals surface area contributed by atoms with Gasteiger partial charge in [0.15, 0.2) is 11.6 Å². The first-order chi connectivity index (χ1) is 19.1. The van der Waals surface area contributed by atoms with Crippen molar-refractivity contribution < 1.29 is 38.9 Å². The molecule has 0 heterocycles. The highest BCUT2D eigenvalue weighted by Crippen LogP contribution is 2.22. The minimum absolute atomic E-state index is 0.106. The highest BCUT2D eigenvalue weighted by atomic mass is 16.6. The van der Waals surface area contributed by atoms with Gasteiger partial charge in [0.1, 0.15) is 24.4 Å². The Balaban J connectivity index is 1.56. The second kappa shape index (κ2) is 12.8. The van der Waals surface area contributed by atoms with E-state index in [2.05, 4.69) is 10.6 Å². The predicted molar refractivity (Wildman–Crippen MR) is 153 cm³/mol. The zero-order valence-electron chi connectivity index (χ0n) is 23.6. The van der Waals surface area contributed by atoms with Gasteiger partial charge in [0, 0.05) is 22.5 Å². The first kappa shape index (κ1) is 31.0. The van der Waals surface area contributed by atoms with Crippen LogP contribution in [0, 0.1) is 6.92 Å². The molecular formula is C31H34N2O8. The van der Waals surface area contributed by atoms with Crippen LogP contribution in [0.3, 0.4) is 0 Å². The second-order valence-electron chi connectivity index (χ2n) is 10.6. The summed E-state index contributed by atoms with van der Waals surface area (Å²) in [5.74, 6) is -0.895. The average molecular weight is 563 g/mol. The number of aliphatic hydroxyl groups is 2. The molecule has 10 nitrogen and oxygen atoms in total. The number of ketones is 2. The molecule has 41 heavy (non-hydrogen) atoms. The van der Waals surface area contributed by atoms with Crippen molar-refractivity contribution in [1.82, 2.24) is 0 Å². The van der Waals surface area contributed by atoms with Crippen LogP contribution in [0.2, 0.25) is 0 Å². The van der Waals surface area contributed by atoms with Crippen LogP contribution in [0.5, 0.6) is 0 Å². The Morgan fingerprint density at radius 2 is 1.15 bits per heavy atom. The average Bonchev–Trinajstić information content (AvgIpc) is 2.91. The quantitative estimate of drug-likeness (QED) is 0.240. The maximum Gasteiger partial charge on any atom is 0.411 e. The van der Waals surface area contributed by atoms with E-state index in [9.17, 15) is 29.4 Å². The fourth-order valence-electron chi connectivity index (χ4n) is 3.74. The van der Waals surface area contributed by atoms with Gasteiger partial charge >= 0.3 is 12.2 Å². The smallest absolute Gasteiger partial charge is 0.411 e. The standard InChI is InChI=1S/C31H34N2O8/c1-19-12-13-24(32-28(36)40-17-20-8-6-10-22(14-20)26(34)30(2,3)38)16-25(19)33-29(37)41-18-21-9-7-11-23(15-21)27(35)31(4,5)39/h6-16,38-39H,17-18H2,1-5H3,(H,32,36)(H,33,37). The van der Waals surface area contributed by atoms with Crippen molar-refractivity contribution in [1.29, 1.82) is 0 Å². The minimum Gasteiger partial charge on any atom is -0.444 e. The summed E-state index contributed by atoms with van der Waals surface area (Å²) in [6.45, 7) is 7.16. The molecule has 216 valence electrons. The SMILES string of the molecule is Cc1ccc(NC(=O)OCc2cccc(C(=O)C(C)(C)O)c2)cc1NC(=O)OCc1cccc(C(=O)C(C)(C)O)c1. The van der Waals surface area contributed by atoms with Crippen molar-refractivity contribution in [2.75, 3.05) is 10.6 Å². The van der Waals surface area contributed by atoms with Crippen molar-refractivity contribution in [2.24, 2.45) is 0 Å². The van der Waals surface area contributed by atoms with Crippen LogP contribution in [-0.4, -0.2) is 45.2 Å². The Hall–Kier alpha value is -4.54. The van der Waals surface area contributed by atoms with E-state index >= 15 is 0 Å². The summed E-state index contributed by atoms with van der Waals surface area (Å²) in [6, 6.07) is 17.8. The zero-order chi connectivity index (χ0) is 30.4. The van der Waals surface area contributed by atoms with Crippen LogP contribution in [0.25, 0.3) is 0 Å². The number of aryl methyl sites for hydroxylation is 1. The van der Waals surface area contributed by atoms with Gasteiger partial charge in [-0.15, -0.1) is 0 Å². The number of anilines is 2. The van der Waals surface area contributed by atoms with Crippen LogP contribution in [-0.2, 0) is 22.7 Å². The maximum absolute atomic E-state index is 12.5. The lowest BCUT2D eigenvalue weighted by Crippen LogP contribution is -2.31. The van der Waals surface area contributed by atoms with E-state index in [-0.39, 0.29) is 13.2 Å². The van der Waals surface area contributed by atoms with Crippen molar-refractivity contribution in [3.05, 3.63) is 94.5 Å². The third-order valence-electron chi connectivity index (χ3n) is 5.95. The summed E-state index contributed by atoms with van der Waals surface area (Å²) in [6.07, 6.45) is -1.49. The number of hydrogen-bond acceptors (Lipinski definition) is 8. The molecule has 0 fully saturated rings. The Labute approximate surface area is 238 Å². The third kappa shape index (κ3) is 8.99. The topological polar surface area (TPSA) is 151 Å². The zero-order valence-corrected chi connectivity index (χ0v) is 23.6. The number of hydrogen-bond donors (Lipinski definition) is 4. The van der Waals surface area contributed by atoms with E-state index in [1.54, 1.807) is 73.7 Å². The van der Waals surface area contributed by atoms with Gasteiger partial charge in [-0.25, -0.2) is 9.59 Å². The molecule has 2 amide bonds. The molecule has 0 unspecified atom stereocenters. The monoisotopic (exact) mass is 562 g/mol. The van der Waals surface area contributed by atoms with Gasteiger partial charge in [0.25, 0.3) is 0 Å². The molecule has 0 spiro atoms. The van der Waals surface area contributed by atoms with Crippen molar-refractivity contribution in [3.63, 3.8) is 0 Å². The first-order valence-corrected chi connectivity index (χ1v) is 12.8. The number of carbonyl (C=O) groups is 4. The number of ether oxygens (including phenoxy) is 2. The normalized spacial score (nSPS) is 11.4. The molecule has 0 aromatic heterocycles. The highest BCUT2D eigenvalue weighted by Gasteiger charge is 2.26. The molecule has 0 aliphatic heterocycles. The fourth-order valence-corrected chi connectivity index (χ4v) is 3.74. The summed E-state index contributed by atoms with van der Waals surface area (Å²) < 4.78 is 10.6. The van der Waals surface area contributed by atoms with Crippen LogP contribution in [0.15, 0.2) is 66.7 Å². The fraction of sp³-hybridized carbons (Fsp3) is 0.290. The van der Waals surface area contributed by atoms with E-state index < -0.39 is 35.0 Å². The van der Waals surface area contributed by atoms with Gasteiger partial charge in [-0.05, 0) is 75.6 Å².